The second-order valence-corrected chi connectivity index (χ2v) is 6.53. The van der Waals surface area contributed by atoms with E-state index in [0.29, 0.717) is 13.0 Å². The minimum Gasteiger partial charge on any atom is -0.390 e. The summed E-state index contributed by atoms with van der Waals surface area (Å²) in [6, 6.07) is -0.665. The first-order valence-electron chi connectivity index (χ1n) is 5.30. The molecule has 2 amide bonds. The molecule has 0 aromatic carbocycles. The monoisotopic (exact) mass is 262 g/mol. The maximum absolute atomic E-state index is 11.7. The molecule has 0 aromatic heterocycles. The van der Waals surface area contributed by atoms with Crippen LogP contribution in [0.4, 0.5) is 0 Å². The predicted octanol–water partition coefficient (Wildman–Crippen LogP) is -2.56. The van der Waals surface area contributed by atoms with Gasteiger partial charge in [0.2, 0.25) is 12.3 Å². The second kappa shape index (κ2) is 4.26. The Bertz CT molecular complexity index is 435. The molecule has 7 nitrogen and oxygen atoms in total. The van der Waals surface area contributed by atoms with Gasteiger partial charge in [-0.15, -0.1) is 0 Å². The number of carbonyl (C=O) groups is 2. The SMILES string of the molecule is O=CN1CCN([C@H]2CS(=O)(=O)C[C@H]2O)C(=O)C1. The van der Waals surface area contributed by atoms with Crippen molar-refractivity contribution >= 4 is 22.2 Å². The van der Waals surface area contributed by atoms with Crippen molar-refractivity contribution in [1.29, 1.82) is 0 Å². The van der Waals surface area contributed by atoms with Gasteiger partial charge in [-0.3, -0.25) is 9.59 Å². The van der Waals surface area contributed by atoms with Crippen LogP contribution < -0.4 is 0 Å². The van der Waals surface area contributed by atoms with Gasteiger partial charge in [0.25, 0.3) is 0 Å². The lowest BCUT2D eigenvalue weighted by atomic mass is 10.1. The molecule has 1 N–H and O–H groups in total. The molecule has 17 heavy (non-hydrogen) atoms. The molecular weight excluding hydrogens is 248 g/mol. The van der Waals surface area contributed by atoms with E-state index in [0.717, 1.165) is 0 Å². The Morgan fingerprint density at radius 2 is 2.00 bits per heavy atom. The largest absolute Gasteiger partial charge is 0.390 e. The molecule has 2 rings (SSSR count). The van der Waals surface area contributed by atoms with Gasteiger partial charge in [0.05, 0.1) is 30.2 Å². The summed E-state index contributed by atoms with van der Waals surface area (Å²) in [6.45, 7) is 0.597. The number of amides is 2. The van der Waals surface area contributed by atoms with Crippen molar-refractivity contribution in [3.05, 3.63) is 0 Å². The molecule has 2 aliphatic rings. The highest BCUT2D eigenvalue weighted by Gasteiger charge is 2.42. The Balaban J connectivity index is 2.09. The van der Waals surface area contributed by atoms with Crippen molar-refractivity contribution in [2.45, 2.75) is 12.1 Å². The number of nitrogens with zero attached hydrogens (tertiary/aromatic N) is 2. The minimum absolute atomic E-state index is 0.0488. The third kappa shape index (κ3) is 2.42. The highest BCUT2D eigenvalue weighted by Crippen LogP contribution is 2.20. The number of rotatable bonds is 2. The van der Waals surface area contributed by atoms with Crippen molar-refractivity contribution < 1.29 is 23.1 Å². The Labute approximate surface area is 98.9 Å². The first-order valence-corrected chi connectivity index (χ1v) is 7.12. The standard InChI is InChI=1S/C9H14N2O5S/c12-6-10-1-2-11(9(14)3-10)7-4-17(15,16)5-8(7)13/h6-8,13H,1-5H2/t7-,8+/m0/s1. The first-order chi connectivity index (χ1) is 7.93. The Kier molecular flexibility index (Phi) is 3.09. The van der Waals surface area contributed by atoms with Crippen LogP contribution in [0.25, 0.3) is 0 Å². The Morgan fingerprint density at radius 3 is 2.47 bits per heavy atom. The zero-order chi connectivity index (χ0) is 12.6. The lowest BCUT2D eigenvalue weighted by molar-refractivity contribution is -0.143. The molecule has 0 aromatic rings. The number of sulfone groups is 1. The van der Waals surface area contributed by atoms with Crippen LogP contribution in [-0.4, -0.2) is 78.9 Å². The van der Waals surface area contributed by atoms with Crippen LogP contribution in [-0.2, 0) is 19.4 Å². The van der Waals surface area contributed by atoms with Gasteiger partial charge in [-0.05, 0) is 0 Å². The van der Waals surface area contributed by atoms with Gasteiger partial charge in [-0.1, -0.05) is 0 Å². The molecule has 0 unspecified atom stereocenters. The van der Waals surface area contributed by atoms with E-state index < -0.39 is 22.0 Å². The molecule has 0 saturated carbocycles. The van der Waals surface area contributed by atoms with Gasteiger partial charge in [0.1, 0.15) is 0 Å². The molecule has 2 aliphatic heterocycles. The number of hydrogen-bond acceptors (Lipinski definition) is 5. The summed E-state index contributed by atoms with van der Waals surface area (Å²) in [4.78, 5) is 24.9. The van der Waals surface area contributed by atoms with E-state index in [1.54, 1.807) is 0 Å². The lowest BCUT2D eigenvalue weighted by Crippen LogP contribution is -2.56. The third-order valence-corrected chi connectivity index (χ3v) is 4.83. The number of piperazine rings is 1. The zero-order valence-corrected chi connectivity index (χ0v) is 9.97. The topological polar surface area (TPSA) is 95.0 Å². The van der Waals surface area contributed by atoms with Gasteiger partial charge in [-0.2, -0.15) is 0 Å². The van der Waals surface area contributed by atoms with Crippen molar-refractivity contribution in [1.82, 2.24) is 9.80 Å². The van der Waals surface area contributed by atoms with Crippen molar-refractivity contribution in [3.8, 4) is 0 Å². The summed E-state index contributed by atoms with van der Waals surface area (Å²) in [5.74, 6) is -0.802. The molecule has 2 saturated heterocycles. The molecule has 0 aliphatic carbocycles. The minimum atomic E-state index is -3.26. The van der Waals surface area contributed by atoms with E-state index >= 15 is 0 Å². The summed E-state index contributed by atoms with van der Waals surface area (Å²) in [6.07, 6.45) is -0.427. The third-order valence-electron chi connectivity index (χ3n) is 3.13. The van der Waals surface area contributed by atoms with Crippen LogP contribution in [0.1, 0.15) is 0 Å². The van der Waals surface area contributed by atoms with Crippen LogP contribution in [0.2, 0.25) is 0 Å². The molecule has 2 heterocycles. The maximum atomic E-state index is 11.7. The molecule has 2 fully saturated rings. The van der Waals surface area contributed by atoms with E-state index in [1.165, 1.54) is 9.80 Å². The van der Waals surface area contributed by atoms with Gasteiger partial charge in [0, 0.05) is 13.1 Å². The summed E-state index contributed by atoms with van der Waals surface area (Å²) in [5, 5.41) is 9.66. The molecule has 8 heteroatoms. The summed E-state index contributed by atoms with van der Waals surface area (Å²) < 4.78 is 22.7. The smallest absolute Gasteiger partial charge is 0.242 e. The van der Waals surface area contributed by atoms with Gasteiger partial charge in [0.15, 0.2) is 9.84 Å². The summed E-state index contributed by atoms with van der Waals surface area (Å²) >= 11 is 0. The van der Waals surface area contributed by atoms with Crippen molar-refractivity contribution in [2.75, 3.05) is 31.1 Å². The first kappa shape index (κ1) is 12.3. The van der Waals surface area contributed by atoms with Crippen molar-refractivity contribution in [3.63, 3.8) is 0 Å². The molecule has 0 bridgehead atoms. The van der Waals surface area contributed by atoms with E-state index in [2.05, 4.69) is 0 Å². The number of carbonyl (C=O) groups excluding carboxylic acids is 2. The highest BCUT2D eigenvalue weighted by atomic mass is 32.2. The quantitative estimate of drug-likeness (QED) is 0.553. The van der Waals surface area contributed by atoms with Gasteiger partial charge in [-0.25, -0.2) is 8.42 Å². The fraction of sp³-hybridized carbons (Fsp3) is 0.778. The Hall–Kier alpha value is -1.15. The Morgan fingerprint density at radius 1 is 1.29 bits per heavy atom. The van der Waals surface area contributed by atoms with Crippen LogP contribution >= 0.6 is 0 Å². The predicted molar refractivity (Wildman–Crippen MR) is 57.8 cm³/mol. The zero-order valence-electron chi connectivity index (χ0n) is 9.15. The van der Waals surface area contributed by atoms with Crippen LogP contribution in [0.15, 0.2) is 0 Å². The van der Waals surface area contributed by atoms with Crippen LogP contribution in [0.5, 0.6) is 0 Å². The normalized spacial score (nSPS) is 32.9. The fourth-order valence-corrected chi connectivity index (χ4v) is 4.05. The number of hydrogen-bond donors (Lipinski definition) is 1. The van der Waals surface area contributed by atoms with Crippen molar-refractivity contribution in [2.24, 2.45) is 0 Å². The van der Waals surface area contributed by atoms with Gasteiger partial charge < -0.3 is 14.9 Å². The molecular formula is C9H14N2O5S. The average Bonchev–Trinajstić information content (AvgIpc) is 2.52. The van der Waals surface area contributed by atoms with Crippen LogP contribution in [0, 0.1) is 0 Å². The van der Waals surface area contributed by atoms with E-state index in [4.69, 9.17) is 0 Å². The average molecular weight is 262 g/mol. The van der Waals surface area contributed by atoms with E-state index in [-0.39, 0.29) is 30.5 Å². The van der Waals surface area contributed by atoms with Gasteiger partial charge >= 0.3 is 0 Å². The number of aliphatic hydroxyl groups is 1. The molecule has 96 valence electrons. The molecule has 0 spiro atoms. The summed E-state index contributed by atoms with van der Waals surface area (Å²) in [5.41, 5.74) is 0. The maximum Gasteiger partial charge on any atom is 0.242 e. The molecule has 2 atom stereocenters. The number of aliphatic hydroxyl groups excluding tert-OH is 1. The highest BCUT2D eigenvalue weighted by molar-refractivity contribution is 7.91. The summed E-state index contributed by atoms with van der Waals surface area (Å²) in [7, 11) is -3.26. The second-order valence-electron chi connectivity index (χ2n) is 4.37. The van der Waals surface area contributed by atoms with E-state index in [9.17, 15) is 23.1 Å². The fourth-order valence-electron chi connectivity index (χ4n) is 2.25. The molecule has 0 radical (unpaired) electrons. The van der Waals surface area contributed by atoms with Crippen LogP contribution in [0.3, 0.4) is 0 Å². The lowest BCUT2D eigenvalue weighted by Gasteiger charge is -2.36. The van der Waals surface area contributed by atoms with E-state index in [1.807, 2.05) is 0 Å².